The van der Waals surface area contributed by atoms with Gasteiger partial charge >= 0.3 is 5.91 Å². The van der Waals surface area contributed by atoms with Crippen molar-refractivity contribution < 1.29 is 19.2 Å². The molecule has 0 unspecified atom stereocenters. The molecule has 2 amide bonds. The van der Waals surface area contributed by atoms with Crippen LogP contribution in [0.25, 0.3) is 0 Å². The number of para-hydroxylation sites is 1. The summed E-state index contributed by atoms with van der Waals surface area (Å²) in [5.74, 6) is -1.36. The zero-order chi connectivity index (χ0) is 13.0. The number of nitrogens with one attached hydrogen (secondary N) is 2. The number of benzene rings is 1. The highest BCUT2D eigenvalue weighted by Crippen LogP contribution is 2.11. The van der Waals surface area contributed by atoms with E-state index in [4.69, 9.17) is 9.62 Å². The summed E-state index contributed by atoms with van der Waals surface area (Å²) in [6.45, 7) is 0. The van der Waals surface area contributed by atoms with Crippen LogP contribution in [0.5, 0.6) is 0 Å². The molecule has 0 atom stereocenters. The SMILES string of the molecule is O=C(Nc1ccccc1)c1coc(C(=O)NO)c1. The minimum atomic E-state index is -0.811. The molecule has 0 bridgehead atoms. The Bertz CT molecular complexity index is 562. The highest BCUT2D eigenvalue weighted by Gasteiger charge is 2.14. The molecule has 0 fully saturated rings. The van der Waals surface area contributed by atoms with Crippen molar-refractivity contribution >= 4 is 17.5 Å². The molecule has 0 saturated heterocycles. The highest BCUT2D eigenvalue weighted by molar-refractivity contribution is 6.05. The van der Waals surface area contributed by atoms with E-state index in [1.54, 1.807) is 24.3 Å². The third-order valence-corrected chi connectivity index (χ3v) is 2.22. The lowest BCUT2D eigenvalue weighted by Crippen LogP contribution is -2.17. The van der Waals surface area contributed by atoms with Gasteiger partial charge in [-0.25, -0.2) is 5.48 Å². The van der Waals surface area contributed by atoms with Gasteiger partial charge in [0.05, 0.1) is 5.56 Å². The fourth-order valence-electron chi connectivity index (χ4n) is 1.35. The summed E-state index contributed by atoms with van der Waals surface area (Å²) < 4.78 is 4.84. The van der Waals surface area contributed by atoms with Gasteiger partial charge in [0, 0.05) is 11.8 Å². The van der Waals surface area contributed by atoms with Crippen LogP contribution in [-0.4, -0.2) is 17.0 Å². The van der Waals surface area contributed by atoms with Crippen molar-refractivity contribution in [2.45, 2.75) is 0 Å². The van der Waals surface area contributed by atoms with Gasteiger partial charge in [-0.05, 0) is 12.1 Å². The van der Waals surface area contributed by atoms with E-state index in [1.807, 2.05) is 6.07 Å². The van der Waals surface area contributed by atoms with Gasteiger partial charge in [0.15, 0.2) is 5.76 Å². The number of hydrogen-bond donors (Lipinski definition) is 3. The molecule has 2 rings (SSSR count). The summed E-state index contributed by atoms with van der Waals surface area (Å²) in [5.41, 5.74) is 2.25. The van der Waals surface area contributed by atoms with Gasteiger partial charge < -0.3 is 9.73 Å². The number of furan rings is 1. The number of anilines is 1. The highest BCUT2D eigenvalue weighted by atomic mass is 16.5. The first-order valence-electron chi connectivity index (χ1n) is 5.10. The van der Waals surface area contributed by atoms with Crippen molar-refractivity contribution in [3.05, 3.63) is 54.0 Å². The fraction of sp³-hybridized carbons (Fsp3) is 0. The maximum atomic E-state index is 11.8. The Morgan fingerprint density at radius 2 is 1.83 bits per heavy atom. The average Bonchev–Trinajstić information content (AvgIpc) is 2.88. The molecule has 6 nitrogen and oxygen atoms in total. The van der Waals surface area contributed by atoms with E-state index in [2.05, 4.69) is 5.32 Å². The summed E-state index contributed by atoms with van der Waals surface area (Å²) in [6, 6.07) is 10.1. The third-order valence-electron chi connectivity index (χ3n) is 2.22. The van der Waals surface area contributed by atoms with Crippen molar-refractivity contribution in [3.8, 4) is 0 Å². The van der Waals surface area contributed by atoms with E-state index in [0.717, 1.165) is 6.26 Å². The van der Waals surface area contributed by atoms with E-state index < -0.39 is 11.8 Å². The van der Waals surface area contributed by atoms with Crippen LogP contribution in [0.3, 0.4) is 0 Å². The molecule has 3 N–H and O–H groups in total. The molecular weight excluding hydrogens is 236 g/mol. The van der Waals surface area contributed by atoms with Crippen molar-refractivity contribution in [2.24, 2.45) is 0 Å². The third kappa shape index (κ3) is 2.55. The number of rotatable bonds is 3. The summed E-state index contributed by atoms with van der Waals surface area (Å²) in [7, 11) is 0. The number of hydrogen-bond acceptors (Lipinski definition) is 4. The summed E-state index contributed by atoms with van der Waals surface area (Å²) in [5, 5.41) is 11.0. The van der Waals surface area contributed by atoms with Crippen LogP contribution in [-0.2, 0) is 0 Å². The molecule has 92 valence electrons. The van der Waals surface area contributed by atoms with Crippen LogP contribution < -0.4 is 10.8 Å². The van der Waals surface area contributed by atoms with Gasteiger partial charge in [0.25, 0.3) is 5.91 Å². The molecule has 0 aliphatic carbocycles. The Morgan fingerprint density at radius 3 is 2.50 bits per heavy atom. The molecule has 0 saturated carbocycles. The molecule has 0 aliphatic heterocycles. The van der Waals surface area contributed by atoms with E-state index in [0.29, 0.717) is 5.69 Å². The molecule has 1 aromatic heterocycles. The predicted octanol–water partition coefficient (Wildman–Crippen LogP) is 1.65. The molecule has 1 heterocycles. The van der Waals surface area contributed by atoms with Gasteiger partial charge in [-0.3, -0.25) is 14.8 Å². The van der Waals surface area contributed by atoms with Crippen LogP contribution in [0.4, 0.5) is 5.69 Å². The Hall–Kier alpha value is -2.60. The second kappa shape index (κ2) is 5.15. The first kappa shape index (κ1) is 11.9. The summed E-state index contributed by atoms with van der Waals surface area (Å²) in [6.07, 6.45) is 1.14. The van der Waals surface area contributed by atoms with E-state index in [9.17, 15) is 9.59 Å². The molecule has 1 aromatic carbocycles. The fourth-order valence-corrected chi connectivity index (χ4v) is 1.35. The molecule has 2 aromatic rings. The standard InChI is InChI=1S/C12H10N2O4/c15-11(13-9-4-2-1-3-5-9)8-6-10(18-7-8)12(16)14-17/h1-7,17H,(H,13,15)(H,14,16). The average molecular weight is 246 g/mol. The molecular formula is C12H10N2O4. The molecule has 6 heteroatoms. The van der Waals surface area contributed by atoms with Gasteiger partial charge in [0.1, 0.15) is 6.26 Å². The van der Waals surface area contributed by atoms with Crippen LogP contribution in [0.2, 0.25) is 0 Å². The van der Waals surface area contributed by atoms with Crippen LogP contribution in [0.1, 0.15) is 20.9 Å². The largest absolute Gasteiger partial charge is 0.458 e. The predicted molar refractivity (Wildman–Crippen MR) is 62.4 cm³/mol. The lowest BCUT2D eigenvalue weighted by molar-refractivity contribution is 0.0676. The summed E-state index contributed by atoms with van der Waals surface area (Å²) in [4.78, 5) is 22.8. The Kier molecular flexibility index (Phi) is 3.40. The quantitative estimate of drug-likeness (QED) is 0.567. The Labute approximate surface area is 102 Å². The Balaban J connectivity index is 2.10. The minimum Gasteiger partial charge on any atom is -0.458 e. The number of hydroxylamine groups is 1. The molecule has 0 aliphatic rings. The second-order valence-corrected chi connectivity index (χ2v) is 3.46. The molecule has 18 heavy (non-hydrogen) atoms. The lowest BCUT2D eigenvalue weighted by Gasteiger charge is -2.01. The number of carbonyl (C=O) groups excluding carboxylic acids is 2. The minimum absolute atomic E-state index is 0.143. The maximum absolute atomic E-state index is 11.8. The van der Waals surface area contributed by atoms with E-state index in [-0.39, 0.29) is 11.3 Å². The van der Waals surface area contributed by atoms with Crippen molar-refractivity contribution in [2.75, 3.05) is 5.32 Å². The normalized spacial score (nSPS) is 9.83. The maximum Gasteiger partial charge on any atom is 0.310 e. The van der Waals surface area contributed by atoms with Gasteiger partial charge in [-0.1, -0.05) is 18.2 Å². The first-order valence-corrected chi connectivity index (χ1v) is 5.10. The van der Waals surface area contributed by atoms with Crippen LogP contribution >= 0.6 is 0 Å². The van der Waals surface area contributed by atoms with Crippen molar-refractivity contribution in [1.82, 2.24) is 5.48 Å². The summed E-state index contributed by atoms with van der Waals surface area (Å²) >= 11 is 0. The second-order valence-electron chi connectivity index (χ2n) is 3.46. The monoisotopic (exact) mass is 246 g/mol. The topological polar surface area (TPSA) is 91.6 Å². The zero-order valence-electron chi connectivity index (χ0n) is 9.21. The van der Waals surface area contributed by atoms with Gasteiger partial charge in [0.2, 0.25) is 0 Å². The van der Waals surface area contributed by atoms with Crippen LogP contribution in [0.15, 0.2) is 47.1 Å². The van der Waals surface area contributed by atoms with E-state index >= 15 is 0 Å². The number of amides is 2. The molecule has 0 spiro atoms. The van der Waals surface area contributed by atoms with Crippen molar-refractivity contribution in [1.29, 1.82) is 0 Å². The van der Waals surface area contributed by atoms with Crippen molar-refractivity contribution in [3.63, 3.8) is 0 Å². The molecule has 0 radical (unpaired) electrons. The number of carbonyl (C=O) groups is 2. The smallest absolute Gasteiger partial charge is 0.310 e. The zero-order valence-corrected chi connectivity index (χ0v) is 9.21. The van der Waals surface area contributed by atoms with Gasteiger partial charge in [-0.15, -0.1) is 0 Å². The van der Waals surface area contributed by atoms with E-state index in [1.165, 1.54) is 11.5 Å². The van der Waals surface area contributed by atoms with Crippen LogP contribution in [0, 0.1) is 0 Å². The Morgan fingerprint density at radius 1 is 1.11 bits per heavy atom. The first-order chi connectivity index (χ1) is 8.70. The lowest BCUT2D eigenvalue weighted by atomic mass is 10.2. The van der Waals surface area contributed by atoms with Gasteiger partial charge in [-0.2, -0.15) is 0 Å².